The molecule has 0 rings (SSSR count). The Morgan fingerprint density at radius 1 is 1.26 bits per heavy atom. The Hall–Kier alpha value is -0.950. The Morgan fingerprint density at radius 3 is 2.47 bits per heavy atom. The van der Waals surface area contributed by atoms with Gasteiger partial charge in [0.25, 0.3) is 0 Å². The van der Waals surface area contributed by atoms with Crippen LogP contribution in [0.4, 0.5) is 0 Å². The van der Waals surface area contributed by atoms with Crippen LogP contribution in [0.25, 0.3) is 0 Å². The van der Waals surface area contributed by atoms with E-state index in [-0.39, 0.29) is 18.0 Å². The minimum absolute atomic E-state index is 0.000926. The van der Waals surface area contributed by atoms with E-state index in [4.69, 9.17) is 5.84 Å². The molecule has 0 spiro atoms. The first-order valence-corrected chi connectivity index (χ1v) is 6.87. The maximum atomic E-state index is 12.1. The van der Waals surface area contributed by atoms with E-state index < -0.39 is 0 Å². The molecule has 0 aromatic rings. The number of hydrogen-bond donors (Lipinski definition) is 5. The molecule has 0 aromatic heterocycles. The number of rotatable bonds is 12. The van der Waals surface area contributed by atoms with Crippen LogP contribution in [0.3, 0.4) is 0 Å². The second-order valence-corrected chi connectivity index (χ2v) is 4.53. The lowest BCUT2D eigenvalue weighted by Gasteiger charge is -2.20. The molecule has 0 bridgehead atoms. The molecule has 0 fully saturated rings. The molecule has 0 radical (unpaired) electrons. The van der Waals surface area contributed by atoms with Crippen LogP contribution < -0.4 is 27.2 Å². The summed E-state index contributed by atoms with van der Waals surface area (Å²) in [6, 6.07) is -0.149. The molecule has 0 aromatic carbocycles. The van der Waals surface area contributed by atoms with Gasteiger partial charge in [-0.2, -0.15) is 0 Å². The highest BCUT2D eigenvalue weighted by atomic mass is 16.2. The predicted molar refractivity (Wildman–Crippen MR) is 79.6 cm³/mol. The molecule has 6 heteroatoms. The number of likely N-dealkylation sites (N-methyl/N-ethyl adjacent to an activating group) is 1. The maximum Gasteiger partial charge on any atom is 0.237 e. The second kappa shape index (κ2) is 12.1. The van der Waals surface area contributed by atoms with Crippen molar-refractivity contribution in [3.8, 4) is 0 Å². The molecule has 1 amide bonds. The lowest BCUT2D eigenvalue weighted by Crippen LogP contribution is -2.46. The average molecular weight is 271 g/mol. The van der Waals surface area contributed by atoms with Gasteiger partial charge < -0.3 is 16.0 Å². The van der Waals surface area contributed by atoms with Gasteiger partial charge in [-0.15, -0.1) is 6.58 Å². The molecule has 112 valence electrons. The molecule has 2 atom stereocenters. The summed E-state index contributed by atoms with van der Waals surface area (Å²) in [7, 11) is 3.72. The van der Waals surface area contributed by atoms with Crippen molar-refractivity contribution in [1.29, 1.82) is 0 Å². The van der Waals surface area contributed by atoms with Crippen LogP contribution in [0.2, 0.25) is 0 Å². The average Bonchev–Trinajstić information content (AvgIpc) is 2.42. The molecule has 0 aliphatic heterocycles. The normalized spacial score (nSPS) is 13.8. The van der Waals surface area contributed by atoms with Crippen LogP contribution in [0.15, 0.2) is 12.7 Å². The SMILES string of the molecule is C=C[C@@H](CCCNN)NC(=O)C(CCCNC)NC. The molecule has 19 heavy (non-hydrogen) atoms. The summed E-state index contributed by atoms with van der Waals surface area (Å²) in [6.07, 6.45) is 5.29. The fourth-order valence-electron chi connectivity index (χ4n) is 1.85. The largest absolute Gasteiger partial charge is 0.349 e. The third-order valence-electron chi connectivity index (χ3n) is 3.03. The van der Waals surface area contributed by atoms with Crippen molar-refractivity contribution in [2.24, 2.45) is 5.84 Å². The Bertz CT molecular complexity index is 247. The molecule has 0 saturated carbocycles. The van der Waals surface area contributed by atoms with E-state index in [1.54, 1.807) is 6.08 Å². The van der Waals surface area contributed by atoms with E-state index in [0.29, 0.717) is 0 Å². The van der Waals surface area contributed by atoms with Crippen LogP contribution in [-0.2, 0) is 4.79 Å². The van der Waals surface area contributed by atoms with E-state index in [9.17, 15) is 4.79 Å². The molecule has 0 aliphatic carbocycles. The van der Waals surface area contributed by atoms with Crippen molar-refractivity contribution >= 4 is 5.91 Å². The number of carbonyl (C=O) groups excluding carboxylic acids is 1. The summed E-state index contributed by atoms with van der Waals surface area (Å²) in [5.74, 6) is 5.25. The number of amides is 1. The van der Waals surface area contributed by atoms with E-state index in [0.717, 1.165) is 38.8 Å². The zero-order chi connectivity index (χ0) is 14.5. The van der Waals surface area contributed by atoms with Gasteiger partial charge in [0.15, 0.2) is 0 Å². The standard InChI is InChI=1S/C13H29N5O/c1-4-11(7-5-10-17-14)18-13(19)12(16-3)8-6-9-15-2/h4,11-12,15-17H,1,5-10,14H2,2-3H3,(H,18,19)/t11-,12?/m0/s1. The smallest absolute Gasteiger partial charge is 0.237 e. The van der Waals surface area contributed by atoms with Gasteiger partial charge >= 0.3 is 0 Å². The van der Waals surface area contributed by atoms with Crippen molar-refractivity contribution < 1.29 is 4.79 Å². The lowest BCUT2D eigenvalue weighted by atomic mass is 10.1. The highest BCUT2D eigenvalue weighted by molar-refractivity contribution is 5.82. The Balaban J connectivity index is 4.08. The summed E-state index contributed by atoms with van der Waals surface area (Å²) < 4.78 is 0. The second-order valence-electron chi connectivity index (χ2n) is 4.53. The third kappa shape index (κ3) is 8.72. The van der Waals surface area contributed by atoms with Crippen molar-refractivity contribution in [2.75, 3.05) is 27.2 Å². The van der Waals surface area contributed by atoms with Crippen LogP contribution >= 0.6 is 0 Å². The van der Waals surface area contributed by atoms with Crippen LogP contribution in [-0.4, -0.2) is 45.2 Å². The molecule has 0 aliphatic rings. The Labute approximate surface area is 116 Å². The Kier molecular flexibility index (Phi) is 11.5. The first-order valence-electron chi connectivity index (χ1n) is 6.87. The van der Waals surface area contributed by atoms with Gasteiger partial charge in [0, 0.05) is 12.6 Å². The van der Waals surface area contributed by atoms with E-state index in [1.807, 2.05) is 14.1 Å². The summed E-state index contributed by atoms with van der Waals surface area (Å²) in [6.45, 7) is 5.41. The number of carbonyl (C=O) groups is 1. The van der Waals surface area contributed by atoms with E-state index in [2.05, 4.69) is 28.0 Å². The van der Waals surface area contributed by atoms with E-state index in [1.165, 1.54) is 0 Å². The highest BCUT2D eigenvalue weighted by Crippen LogP contribution is 2.01. The molecule has 6 N–H and O–H groups in total. The van der Waals surface area contributed by atoms with Gasteiger partial charge in [0.2, 0.25) is 5.91 Å². The zero-order valence-electron chi connectivity index (χ0n) is 12.2. The summed E-state index contributed by atoms with van der Waals surface area (Å²) >= 11 is 0. The summed E-state index contributed by atoms with van der Waals surface area (Å²) in [5, 5.41) is 9.12. The summed E-state index contributed by atoms with van der Waals surface area (Å²) in [5.41, 5.74) is 2.60. The lowest BCUT2D eigenvalue weighted by molar-refractivity contribution is -0.123. The zero-order valence-corrected chi connectivity index (χ0v) is 12.2. The number of nitrogens with two attached hydrogens (primary N) is 1. The maximum absolute atomic E-state index is 12.1. The third-order valence-corrected chi connectivity index (χ3v) is 3.03. The predicted octanol–water partition coefficient (Wildman–Crippen LogP) is -0.512. The minimum Gasteiger partial charge on any atom is -0.349 e. The highest BCUT2D eigenvalue weighted by Gasteiger charge is 2.17. The molecular weight excluding hydrogens is 242 g/mol. The van der Waals surface area contributed by atoms with Gasteiger partial charge in [-0.25, -0.2) is 0 Å². The van der Waals surface area contributed by atoms with Gasteiger partial charge in [-0.1, -0.05) is 6.08 Å². The van der Waals surface area contributed by atoms with Crippen LogP contribution in [0, 0.1) is 0 Å². The minimum atomic E-state index is -0.150. The molecule has 1 unspecified atom stereocenters. The van der Waals surface area contributed by atoms with Crippen LogP contribution in [0.1, 0.15) is 25.7 Å². The first-order chi connectivity index (χ1) is 9.19. The fourth-order valence-corrected chi connectivity index (χ4v) is 1.85. The Morgan fingerprint density at radius 2 is 1.95 bits per heavy atom. The number of hydrazine groups is 1. The molecular formula is C13H29N5O. The van der Waals surface area contributed by atoms with Crippen molar-refractivity contribution in [3.05, 3.63) is 12.7 Å². The van der Waals surface area contributed by atoms with Crippen molar-refractivity contribution in [3.63, 3.8) is 0 Å². The molecule has 6 nitrogen and oxygen atoms in total. The first kappa shape index (κ1) is 18.0. The van der Waals surface area contributed by atoms with Gasteiger partial charge in [-0.05, 0) is 46.3 Å². The van der Waals surface area contributed by atoms with Crippen molar-refractivity contribution in [1.82, 2.24) is 21.4 Å². The summed E-state index contributed by atoms with van der Waals surface area (Å²) in [4.78, 5) is 12.1. The quantitative estimate of drug-likeness (QED) is 0.143. The van der Waals surface area contributed by atoms with Gasteiger partial charge in [0.1, 0.15) is 0 Å². The molecule has 0 saturated heterocycles. The van der Waals surface area contributed by atoms with Gasteiger partial charge in [-0.3, -0.25) is 16.1 Å². The van der Waals surface area contributed by atoms with Gasteiger partial charge in [0.05, 0.1) is 6.04 Å². The monoisotopic (exact) mass is 271 g/mol. The van der Waals surface area contributed by atoms with Crippen molar-refractivity contribution in [2.45, 2.75) is 37.8 Å². The topological polar surface area (TPSA) is 91.2 Å². The fraction of sp³-hybridized carbons (Fsp3) is 0.769. The van der Waals surface area contributed by atoms with Crippen LogP contribution in [0.5, 0.6) is 0 Å². The number of hydrogen-bond acceptors (Lipinski definition) is 5. The van der Waals surface area contributed by atoms with E-state index >= 15 is 0 Å². The molecule has 0 heterocycles. The number of nitrogens with one attached hydrogen (secondary N) is 4.